The van der Waals surface area contributed by atoms with Gasteiger partial charge in [-0.1, -0.05) is 18.2 Å². The second kappa shape index (κ2) is 6.05. The molecule has 0 saturated carbocycles. The van der Waals surface area contributed by atoms with E-state index < -0.39 is 0 Å². The van der Waals surface area contributed by atoms with E-state index in [-0.39, 0.29) is 5.91 Å². The van der Waals surface area contributed by atoms with E-state index in [0.29, 0.717) is 18.8 Å². The number of thiazole rings is 1. The topological polar surface area (TPSA) is 61.9 Å². The zero-order valence-electron chi connectivity index (χ0n) is 11.7. The summed E-state index contributed by atoms with van der Waals surface area (Å²) in [5.41, 5.74) is 1.38. The number of aromatic amines is 1. The fourth-order valence-corrected chi connectivity index (χ4v) is 2.90. The predicted octanol–water partition coefficient (Wildman–Crippen LogP) is 2.72. The molecule has 0 aliphatic rings. The lowest BCUT2D eigenvalue weighted by Crippen LogP contribution is -2.33. The highest BCUT2D eigenvalue weighted by Crippen LogP contribution is 2.17. The van der Waals surface area contributed by atoms with Crippen molar-refractivity contribution in [2.45, 2.75) is 13.3 Å². The number of hydrogen-bond acceptors (Lipinski definition) is 4. The van der Waals surface area contributed by atoms with Crippen LogP contribution in [0.1, 0.15) is 22.4 Å². The molecule has 0 saturated heterocycles. The Hall–Kier alpha value is -2.21. The van der Waals surface area contributed by atoms with Crippen LogP contribution in [0.15, 0.2) is 35.8 Å². The number of aromatic nitrogens is 3. The highest BCUT2D eigenvalue weighted by atomic mass is 32.1. The third-order valence-electron chi connectivity index (χ3n) is 3.42. The molecule has 0 bridgehead atoms. The molecule has 0 atom stereocenters. The summed E-state index contributed by atoms with van der Waals surface area (Å²) in [5, 5.41) is 11.0. The summed E-state index contributed by atoms with van der Waals surface area (Å²) >= 11 is 1.62. The van der Waals surface area contributed by atoms with Crippen molar-refractivity contribution < 1.29 is 4.79 Å². The molecule has 1 aromatic carbocycles. The van der Waals surface area contributed by atoms with Crippen molar-refractivity contribution in [3.05, 3.63) is 46.5 Å². The van der Waals surface area contributed by atoms with Crippen LogP contribution in [0.2, 0.25) is 0 Å². The molecular formula is C15H16N4OS. The van der Waals surface area contributed by atoms with E-state index in [1.165, 1.54) is 0 Å². The second-order valence-corrected chi connectivity index (χ2v) is 5.66. The van der Waals surface area contributed by atoms with Crippen LogP contribution in [0.25, 0.3) is 10.9 Å². The Bertz CT molecular complexity index is 735. The van der Waals surface area contributed by atoms with Gasteiger partial charge in [-0.25, -0.2) is 4.98 Å². The van der Waals surface area contributed by atoms with E-state index in [1.54, 1.807) is 17.5 Å². The third kappa shape index (κ3) is 2.80. The highest BCUT2D eigenvalue weighted by molar-refractivity contribution is 7.09. The Morgan fingerprint density at radius 1 is 1.38 bits per heavy atom. The van der Waals surface area contributed by atoms with Crippen molar-refractivity contribution in [1.29, 1.82) is 0 Å². The van der Waals surface area contributed by atoms with Gasteiger partial charge in [-0.3, -0.25) is 9.89 Å². The van der Waals surface area contributed by atoms with Gasteiger partial charge >= 0.3 is 0 Å². The van der Waals surface area contributed by atoms with Gasteiger partial charge in [0.1, 0.15) is 0 Å². The van der Waals surface area contributed by atoms with Crippen LogP contribution in [0.4, 0.5) is 0 Å². The molecule has 6 heteroatoms. The summed E-state index contributed by atoms with van der Waals surface area (Å²) in [6, 6.07) is 7.68. The Kier molecular flexibility index (Phi) is 3.96. The molecule has 0 radical (unpaired) electrons. The average molecular weight is 300 g/mol. The number of nitrogens with zero attached hydrogens (tertiary/aromatic N) is 3. The van der Waals surface area contributed by atoms with Gasteiger partial charge < -0.3 is 4.90 Å². The number of H-pyrrole nitrogens is 1. The summed E-state index contributed by atoms with van der Waals surface area (Å²) in [6.45, 7) is 3.30. The minimum absolute atomic E-state index is 0.0356. The van der Waals surface area contributed by atoms with Crippen LogP contribution >= 0.6 is 11.3 Å². The molecule has 108 valence electrons. The lowest BCUT2D eigenvalue weighted by molar-refractivity contribution is 0.0762. The number of nitrogens with one attached hydrogen (secondary N) is 1. The Morgan fingerprint density at radius 2 is 2.24 bits per heavy atom. The molecule has 2 aromatic heterocycles. The zero-order valence-corrected chi connectivity index (χ0v) is 12.6. The van der Waals surface area contributed by atoms with Crippen LogP contribution in [-0.4, -0.2) is 39.1 Å². The number of fused-ring (bicyclic) bond motifs is 1. The van der Waals surface area contributed by atoms with E-state index in [2.05, 4.69) is 15.2 Å². The maximum absolute atomic E-state index is 12.6. The van der Waals surface area contributed by atoms with E-state index in [4.69, 9.17) is 0 Å². The molecule has 3 rings (SSSR count). The standard InChI is InChI=1S/C15H16N4OS/c1-2-19(9-7-13-16-8-10-21-13)15(20)14-11-5-3-4-6-12(11)17-18-14/h3-6,8,10H,2,7,9H2,1H3,(H,17,18). The maximum Gasteiger partial charge on any atom is 0.274 e. The molecule has 0 fully saturated rings. The van der Waals surface area contributed by atoms with Crippen LogP contribution in [0, 0.1) is 0 Å². The Labute approximate surface area is 126 Å². The van der Waals surface area contributed by atoms with Gasteiger partial charge in [0.05, 0.1) is 10.5 Å². The first kappa shape index (κ1) is 13.8. The molecule has 0 spiro atoms. The number of benzene rings is 1. The summed E-state index contributed by atoms with van der Waals surface area (Å²) in [6.07, 6.45) is 2.57. The number of likely N-dealkylation sites (N-methyl/N-ethyl adjacent to an activating group) is 1. The second-order valence-electron chi connectivity index (χ2n) is 4.68. The van der Waals surface area contributed by atoms with E-state index in [0.717, 1.165) is 22.3 Å². The molecule has 3 aromatic rings. The molecule has 0 unspecified atom stereocenters. The number of para-hydroxylation sites is 1. The molecule has 0 aliphatic carbocycles. The van der Waals surface area contributed by atoms with Crippen LogP contribution in [0.5, 0.6) is 0 Å². The van der Waals surface area contributed by atoms with Crippen molar-refractivity contribution in [3.8, 4) is 0 Å². The molecule has 1 N–H and O–H groups in total. The summed E-state index contributed by atoms with van der Waals surface area (Å²) in [5.74, 6) is -0.0356. The number of carbonyl (C=O) groups excluding carboxylic acids is 1. The normalized spacial score (nSPS) is 10.9. The number of hydrogen-bond donors (Lipinski definition) is 1. The van der Waals surface area contributed by atoms with E-state index in [1.807, 2.05) is 41.5 Å². The van der Waals surface area contributed by atoms with Crippen LogP contribution < -0.4 is 0 Å². The van der Waals surface area contributed by atoms with Crippen LogP contribution in [0.3, 0.4) is 0 Å². The zero-order chi connectivity index (χ0) is 14.7. The Balaban J connectivity index is 1.78. The molecule has 5 nitrogen and oxygen atoms in total. The number of rotatable bonds is 5. The average Bonchev–Trinajstić information content (AvgIpc) is 3.17. The lowest BCUT2D eigenvalue weighted by atomic mass is 10.2. The largest absolute Gasteiger partial charge is 0.337 e. The smallest absolute Gasteiger partial charge is 0.274 e. The third-order valence-corrected chi connectivity index (χ3v) is 4.26. The monoisotopic (exact) mass is 300 g/mol. The number of carbonyl (C=O) groups is 1. The quantitative estimate of drug-likeness (QED) is 0.788. The maximum atomic E-state index is 12.6. The van der Waals surface area contributed by atoms with Crippen LogP contribution in [-0.2, 0) is 6.42 Å². The molecule has 0 aliphatic heterocycles. The first-order chi connectivity index (χ1) is 10.3. The van der Waals surface area contributed by atoms with Crippen molar-refractivity contribution in [2.24, 2.45) is 0 Å². The van der Waals surface area contributed by atoms with Gasteiger partial charge in [0, 0.05) is 36.5 Å². The predicted molar refractivity (Wildman–Crippen MR) is 83.5 cm³/mol. The van der Waals surface area contributed by atoms with Crippen molar-refractivity contribution in [3.63, 3.8) is 0 Å². The van der Waals surface area contributed by atoms with Crippen molar-refractivity contribution in [1.82, 2.24) is 20.1 Å². The first-order valence-electron chi connectivity index (χ1n) is 6.90. The summed E-state index contributed by atoms with van der Waals surface area (Å²) < 4.78 is 0. The molecule has 21 heavy (non-hydrogen) atoms. The van der Waals surface area contributed by atoms with Gasteiger partial charge in [0.25, 0.3) is 5.91 Å². The van der Waals surface area contributed by atoms with Crippen molar-refractivity contribution >= 4 is 28.1 Å². The summed E-state index contributed by atoms with van der Waals surface area (Å²) in [7, 11) is 0. The molecule has 1 amide bonds. The van der Waals surface area contributed by atoms with Gasteiger partial charge in [0.15, 0.2) is 5.69 Å². The Morgan fingerprint density at radius 3 is 3.00 bits per heavy atom. The van der Waals surface area contributed by atoms with Gasteiger partial charge in [-0.15, -0.1) is 11.3 Å². The molecular weight excluding hydrogens is 284 g/mol. The summed E-state index contributed by atoms with van der Waals surface area (Å²) in [4.78, 5) is 18.7. The lowest BCUT2D eigenvalue weighted by Gasteiger charge is -2.19. The minimum atomic E-state index is -0.0356. The number of amides is 1. The minimum Gasteiger partial charge on any atom is -0.337 e. The SMILES string of the molecule is CCN(CCc1nccs1)C(=O)c1n[nH]c2ccccc12. The van der Waals surface area contributed by atoms with E-state index >= 15 is 0 Å². The van der Waals surface area contributed by atoms with Gasteiger partial charge in [0.2, 0.25) is 0 Å². The van der Waals surface area contributed by atoms with E-state index in [9.17, 15) is 4.79 Å². The van der Waals surface area contributed by atoms with Gasteiger partial charge in [-0.05, 0) is 13.0 Å². The fourth-order valence-electron chi connectivity index (χ4n) is 2.29. The van der Waals surface area contributed by atoms with Gasteiger partial charge in [-0.2, -0.15) is 5.10 Å². The first-order valence-corrected chi connectivity index (χ1v) is 7.78. The van der Waals surface area contributed by atoms with Crippen molar-refractivity contribution in [2.75, 3.05) is 13.1 Å². The molecule has 2 heterocycles. The fraction of sp³-hybridized carbons (Fsp3) is 0.267. The highest BCUT2D eigenvalue weighted by Gasteiger charge is 2.19.